The van der Waals surface area contributed by atoms with Crippen molar-refractivity contribution in [2.75, 3.05) is 5.32 Å². The number of hydrogen-bond donors (Lipinski definition) is 1. The third-order valence-electron chi connectivity index (χ3n) is 7.18. The van der Waals surface area contributed by atoms with Gasteiger partial charge in [-0.2, -0.15) is 0 Å². The molecule has 184 valence electrons. The Morgan fingerprint density at radius 1 is 0.892 bits per heavy atom. The highest BCUT2D eigenvalue weighted by Gasteiger charge is 2.37. The van der Waals surface area contributed by atoms with Crippen LogP contribution in [-0.4, -0.2) is 6.21 Å². The minimum absolute atomic E-state index is 0.282. The molecule has 5 heteroatoms. The van der Waals surface area contributed by atoms with Gasteiger partial charge in [0.25, 0.3) is 0 Å². The fourth-order valence-electron chi connectivity index (χ4n) is 5.28. The van der Waals surface area contributed by atoms with Gasteiger partial charge in [0.15, 0.2) is 0 Å². The summed E-state index contributed by atoms with van der Waals surface area (Å²) in [4.78, 5) is 4.67. The van der Waals surface area contributed by atoms with Crippen molar-refractivity contribution in [3.8, 4) is 5.75 Å². The normalized spacial score (nSPS) is 19.9. The highest BCUT2D eigenvalue weighted by atomic mass is 35.5. The van der Waals surface area contributed by atoms with Crippen molar-refractivity contribution in [1.82, 2.24) is 0 Å². The molecule has 0 amide bonds. The predicted molar refractivity (Wildman–Crippen MR) is 154 cm³/mol. The van der Waals surface area contributed by atoms with Gasteiger partial charge in [0.1, 0.15) is 12.4 Å². The van der Waals surface area contributed by atoms with Gasteiger partial charge in [-0.1, -0.05) is 83.9 Å². The van der Waals surface area contributed by atoms with Crippen LogP contribution in [0.4, 0.5) is 11.4 Å². The number of halogens is 2. The summed E-state index contributed by atoms with van der Waals surface area (Å²) in [6.07, 6.45) is 7.61. The van der Waals surface area contributed by atoms with E-state index in [1.165, 1.54) is 16.8 Å². The Balaban J connectivity index is 1.13. The maximum atomic E-state index is 6.47. The first-order chi connectivity index (χ1) is 18.2. The van der Waals surface area contributed by atoms with Gasteiger partial charge in [-0.05, 0) is 71.5 Å². The van der Waals surface area contributed by atoms with E-state index in [1.807, 2.05) is 48.7 Å². The van der Waals surface area contributed by atoms with Gasteiger partial charge < -0.3 is 10.1 Å². The fraction of sp³-hybridized carbons (Fsp3) is 0.156. The van der Waals surface area contributed by atoms with E-state index in [9.17, 15) is 0 Å². The third-order valence-corrected chi connectivity index (χ3v) is 7.85. The number of anilines is 1. The van der Waals surface area contributed by atoms with Gasteiger partial charge in [-0.15, -0.1) is 0 Å². The van der Waals surface area contributed by atoms with Gasteiger partial charge >= 0.3 is 0 Å². The lowest BCUT2D eigenvalue weighted by molar-refractivity contribution is 0.306. The van der Waals surface area contributed by atoms with E-state index in [2.05, 4.69) is 71.0 Å². The zero-order valence-electron chi connectivity index (χ0n) is 20.1. The fourth-order valence-corrected chi connectivity index (χ4v) is 5.71. The Hall–Kier alpha value is -3.53. The second-order valence-electron chi connectivity index (χ2n) is 9.48. The van der Waals surface area contributed by atoms with Crippen molar-refractivity contribution in [2.24, 2.45) is 10.9 Å². The summed E-state index contributed by atoms with van der Waals surface area (Å²) in [6.45, 7) is 0.359. The SMILES string of the molecule is Clc1ccccc1COc1ccc(C=Nc2ccc([C@@H]3Nc4ccccc4[C@@H]4C=CC[C@H]43)cc2)cc1Cl. The number of aliphatic imine (C=N–C) groups is 1. The number of nitrogens with one attached hydrogen (secondary N) is 1. The topological polar surface area (TPSA) is 33.6 Å². The second kappa shape index (κ2) is 10.5. The van der Waals surface area contributed by atoms with Crippen molar-refractivity contribution in [1.29, 1.82) is 0 Å². The van der Waals surface area contributed by atoms with Crippen molar-refractivity contribution in [3.05, 3.63) is 135 Å². The number of nitrogens with zero attached hydrogens (tertiary/aromatic N) is 1. The molecule has 1 aliphatic carbocycles. The lowest BCUT2D eigenvalue weighted by atomic mass is 9.77. The number of allylic oxidation sites excluding steroid dienone is 2. The molecule has 1 heterocycles. The van der Waals surface area contributed by atoms with E-state index >= 15 is 0 Å². The van der Waals surface area contributed by atoms with E-state index in [4.69, 9.17) is 27.9 Å². The number of fused-ring (bicyclic) bond motifs is 3. The third kappa shape index (κ3) is 5.02. The molecule has 4 aromatic carbocycles. The second-order valence-corrected chi connectivity index (χ2v) is 10.3. The van der Waals surface area contributed by atoms with Crippen LogP contribution >= 0.6 is 23.2 Å². The van der Waals surface area contributed by atoms with Crippen LogP contribution in [0.25, 0.3) is 0 Å². The maximum absolute atomic E-state index is 6.47. The zero-order valence-corrected chi connectivity index (χ0v) is 21.7. The molecule has 6 rings (SSSR count). The molecule has 0 aromatic heterocycles. The summed E-state index contributed by atoms with van der Waals surface area (Å²) in [7, 11) is 0. The number of para-hydroxylation sites is 1. The Bertz CT molecular complexity index is 1480. The molecule has 3 atom stereocenters. The van der Waals surface area contributed by atoms with Crippen molar-refractivity contribution < 1.29 is 4.74 Å². The monoisotopic (exact) mass is 524 g/mol. The summed E-state index contributed by atoms with van der Waals surface area (Å²) in [6, 6.07) is 30.8. The van der Waals surface area contributed by atoms with E-state index in [0.29, 0.717) is 34.2 Å². The van der Waals surface area contributed by atoms with E-state index in [0.717, 1.165) is 23.2 Å². The molecule has 0 radical (unpaired) electrons. The van der Waals surface area contributed by atoms with Gasteiger partial charge in [-0.25, -0.2) is 0 Å². The first-order valence-electron chi connectivity index (χ1n) is 12.5. The first kappa shape index (κ1) is 23.8. The highest BCUT2D eigenvalue weighted by molar-refractivity contribution is 6.32. The Morgan fingerprint density at radius 3 is 2.54 bits per heavy atom. The summed E-state index contributed by atoms with van der Waals surface area (Å²) in [5, 5.41) is 5.00. The summed E-state index contributed by atoms with van der Waals surface area (Å²) in [5.41, 5.74) is 6.65. The average molecular weight is 525 g/mol. The lowest BCUT2D eigenvalue weighted by Crippen LogP contribution is -2.28. The molecule has 37 heavy (non-hydrogen) atoms. The minimum atomic E-state index is 0.282. The van der Waals surface area contributed by atoms with Crippen LogP contribution in [0, 0.1) is 5.92 Å². The van der Waals surface area contributed by atoms with Crippen LogP contribution in [0.5, 0.6) is 5.75 Å². The maximum Gasteiger partial charge on any atom is 0.138 e. The van der Waals surface area contributed by atoms with Crippen molar-refractivity contribution in [3.63, 3.8) is 0 Å². The smallest absolute Gasteiger partial charge is 0.138 e. The van der Waals surface area contributed by atoms with Gasteiger partial charge in [-0.3, -0.25) is 4.99 Å². The van der Waals surface area contributed by atoms with Crippen LogP contribution in [-0.2, 0) is 6.61 Å². The molecular formula is C32H26Cl2N2O. The summed E-state index contributed by atoms with van der Waals surface area (Å²) < 4.78 is 5.87. The quantitative estimate of drug-likeness (QED) is 0.201. The molecule has 1 aliphatic heterocycles. The number of rotatable bonds is 6. The van der Waals surface area contributed by atoms with E-state index in [-0.39, 0.29) is 6.04 Å². The van der Waals surface area contributed by atoms with Gasteiger partial charge in [0, 0.05) is 28.4 Å². The Kier molecular flexibility index (Phi) is 6.73. The molecule has 0 fully saturated rings. The van der Waals surface area contributed by atoms with Gasteiger partial charge in [0.05, 0.1) is 16.8 Å². The number of ether oxygens (including phenoxy) is 1. The number of benzene rings is 4. The first-order valence-corrected chi connectivity index (χ1v) is 13.2. The molecule has 1 N–H and O–H groups in total. The Labute approximate surface area is 227 Å². The minimum Gasteiger partial charge on any atom is -0.487 e. The average Bonchev–Trinajstić information content (AvgIpc) is 3.43. The van der Waals surface area contributed by atoms with E-state index in [1.54, 1.807) is 0 Å². The molecular weight excluding hydrogens is 499 g/mol. The van der Waals surface area contributed by atoms with Crippen LogP contribution in [0.3, 0.4) is 0 Å². The molecule has 0 spiro atoms. The molecule has 0 saturated heterocycles. The van der Waals surface area contributed by atoms with Crippen molar-refractivity contribution in [2.45, 2.75) is 25.0 Å². The molecule has 0 unspecified atom stereocenters. The Morgan fingerprint density at radius 2 is 1.70 bits per heavy atom. The van der Waals surface area contributed by atoms with E-state index < -0.39 is 0 Å². The standard InChI is InChI=1S/C32H26Cl2N2O/c33-28-10-3-1-6-23(28)20-37-31-17-12-21(18-29(31)34)19-35-24-15-13-22(14-16-24)32-27-9-5-8-25(27)26-7-2-4-11-30(26)36-32/h1-8,10-19,25,27,32,36H,9,20H2/t25-,27+,32-/m0/s1. The number of hydrogen-bond acceptors (Lipinski definition) is 3. The van der Waals surface area contributed by atoms with Crippen molar-refractivity contribution >= 4 is 40.8 Å². The lowest BCUT2D eigenvalue weighted by Gasteiger charge is -2.37. The van der Waals surface area contributed by atoms with Crippen LogP contribution < -0.4 is 10.1 Å². The largest absolute Gasteiger partial charge is 0.487 e. The van der Waals surface area contributed by atoms with Gasteiger partial charge in [0.2, 0.25) is 0 Å². The predicted octanol–water partition coefficient (Wildman–Crippen LogP) is 9.15. The molecule has 3 nitrogen and oxygen atoms in total. The molecule has 4 aromatic rings. The highest BCUT2D eigenvalue weighted by Crippen LogP contribution is 2.49. The van der Waals surface area contributed by atoms with Crippen LogP contribution in [0.1, 0.15) is 40.6 Å². The molecule has 0 bridgehead atoms. The van der Waals surface area contributed by atoms with Crippen LogP contribution in [0.15, 0.2) is 108 Å². The summed E-state index contributed by atoms with van der Waals surface area (Å²) >= 11 is 12.7. The molecule has 0 saturated carbocycles. The molecule has 2 aliphatic rings. The zero-order chi connectivity index (χ0) is 25.2. The van der Waals surface area contributed by atoms with Crippen LogP contribution in [0.2, 0.25) is 10.0 Å². The summed E-state index contributed by atoms with van der Waals surface area (Å²) in [5.74, 6) is 1.62.